The van der Waals surface area contributed by atoms with Crippen molar-refractivity contribution in [2.75, 3.05) is 0 Å². The SMILES string of the molecule is O=P(O)(O)O[C@]1(O)[C@H](O)[C@H](O)[C@@H](O)[C@H](O)[C@H]1O.[CaH2].[CaH2].[CaH2].[CaH2]. The third kappa shape index (κ3) is 8.64. The maximum absolute atomic E-state index is 10.6. The molecule has 0 aromatic heterocycles. The van der Waals surface area contributed by atoms with Gasteiger partial charge in [-0.05, 0) is 0 Å². The third-order valence-corrected chi connectivity index (χ3v) is 2.99. The van der Waals surface area contributed by atoms with Crippen molar-refractivity contribution in [3.05, 3.63) is 0 Å². The molecule has 1 aliphatic carbocycles. The number of aliphatic hydroxyl groups excluding tert-OH is 5. The van der Waals surface area contributed by atoms with Crippen LogP contribution in [0.2, 0.25) is 0 Å². The summed E-state index contributed by atoms with van der Waals surface area (Å²) in [6.07, 6.45) is -11.2. The van der Waals surface area contributed by atoms with Crippen LogP contribution < -0.4 is 0 Å². The molecule has 0 spiro atoms. The minimum absolute atomic E-state index is 0. The molecule has 1 fully saturated rings. The van der Waals surface area contributed by atoms with Gasteiger partial charge in [0.25, 0.3) is 0 Å². The maximum atomic E-state index is 10.6. The molecule has 0 aromatic rings. The van der Waals surface area contributed by atoms with Gasteiger partial charge in [-0.15, -0.1) is 0 Å². The topological polar surface area (TPSA) is 188 Å². The fraction of sp³-hybridized carbons (Fsp3) is 1.00. The summed E-state index contributed by atoms with van der Waals surface area (Å²) in [5.74, 6) is -3.31. The summed E-state index contributed by atoms with van der Waals surface area (Å²) in [5.41, 5.74) is 0. The van der Waals surface area contributed by atoms with Gasteiger partial charge in [0.1, 0.15) is 30.5 Å². The monoisotopic (exact) mass is 444 g/mol. The van der Waals surface area contributed by atoms with Crippen LogP contribution in [-0.2, 0) is 9.09 Å². The number of phosphoric acid groups is 1. The van der Waals surface area contributed by atoms with E-state index in [0.29, 0.717) is 0 Å². The van der Waals surface area contributed by atoms with Gasteiger partial charge in [0.15, 0.2) is 0 Å². The van der Waals surface area contributed by atoms with Gasteiger partial charge in [0.2, 0.25) is 5.79 Å². The van der Waals surface area contributed by atoms with Crippen LogP contribution in [0.25, 0.3) is 0 Å². The predicted molar refractivity (Wildman–Crippen MR) is 82.3 cm³/mol. The summed E-state index contributed by atoms with van der Waals surface area (Å²) in [7, 11) is -5.32. The van der Waals surface area contributed by atoms with Crippen molar-refractivity contribution in [2.45, 2.75) is 36.3 Å². The molecule has 1 rings (SSSR count). The Hall–Kier alpha value is 4.91. The van der Waals surface area contributed by atoms with E-state index in [9.17, 15) is 30.1 Å². The van der Waals surface area contributed by atoms with Gasteiger partial charge in [-0.2, -0.15) is 0 Å². The first-order chi connectivity index (χ1) is 7.50. The Morgan fingerprint density at radius 1 is 0.762 bits per heavy atom. The quantitative estimate of drug-likeness (QED) is 0.115. The van der Waals surface area contributed by atoms with Crippen molar-refractivity contribution in [2.24, 2.45) is 0 Å². The average molecular weight is 445 g/mol. The van der Waals surface area contributed by atoms with Gasteiger partial charge >= 0.3 is 159 Å². The average Bonchev–Trinajstić information content (AvgIpc) is 2.19. The van der Waals surface area contributed by atoms with Crippen molar-refractivity contribution in [3.63, 3.8) is 0 Å². The number of hydrogen-bond acceptors (Lipinski definition) is 8. The van der Waals surface area contributed by atoms with E-state index in [-0.39, 0.29) is 151 Å². The Labute approximate surface area is 239 Å². The Morgan fingerprint density at radius 2 is 1.05 bits per heavy atom. The normalized spacial score (nSPS) is 39.0. The van der Waals surface area contributed by atoms with Crippen LogP contribution in [0, 0.1) is 0 Å². The second-order valence-electron chi connectivity index (χ2n) is 3.70. The van der Waals surface area contributed by atoms with Gasteiger partial charge in [0, 0.05) is 0 Å². The molecule has 21 heavy (non-hydrogen) atoms. The molecule has 1 saturated carbocycles. The summed E-state index contributed by atoms with van der Waals surface area (Å²) in [6.45, 7) is 0. The van der Waals surface area contributed by atoms with E-state index < -0.39 is 44.1 Å². The second-order valence-corrected chi connectivity index (χ2v) is 4.86. The molecule has 0 aliphatic heterocycles. The Bertz CT molecular complexity index is 326. The van der Waals surface area contributed by atoms with Gasteiger partial charge in [-0.25, -0.2) is 9.09 Å². The molecular weight excluding hydrogens is 423 g/mol. The van der Waals surface area contributed by atoms with Crippen LogP contribution in [0.5, 0.6) is 0 Å². The molecule has 0 bridgehead atoms. The second kappa shape index (κ2) is 13.1. The van der Waals surface area contributed by atoms with E-state index in [1.165, 1.54) is 0 Å². The molecule has 10 nitrogen and oxygen atoms in total. The summed E-state index contributed by atoms with van der Waals surface area (Å²) in [6, 6.07) is 0. The van der Waals surface area contributed by atoms with E-state index in [4.69, 9.17) is 14.9 Å². The summed E-state index contributed by atoms with van der Waals surface area (Å²) < 4.78 is 14.3. The molecule has 0 saturated heterocycles. The fourth-order valence-electron chi connectivity index (χ4n) is 1.54. The van der Waals surface area contributed by atoms with Crippen LogP contribution >= 0.6 is 7.82 Å². The van der Waals surface area contributed by atoms with Gasteiger partial charge < -0.3 is 40.4 Å². The first-order valence-corrected chi connectivity index (χ1v) is 5.92. The molecule has 0 heterocycles. The zero-order chi connectivity index (χ0) is 13.6. The summed E-state index contributed by atoms with van der Waals surface area (Å²) >= 11 is 0. The van der Waals surface area contributed by atoms with Crippen molar-refractivity contribution < 1.29 is 49.5 Å². The van der Waals surface area contributed by atoms with Gasteiger partial charge in [-0.3, -0.25) is 0 Å². The van der Waals surface area contributed by atoms with E-state index in [1.54, 1.807) is 0 Å². The third-order valence-electron chi connectivity index (χ3n) is 2.46. The van der Waals surface area contributed by atoms with Crippen molar-refractivity contribution in [1.82, 2.24) is 0 Å². The zero-order valence-electron chi connectivity index (χ0n) is 8.23. The Kier molecular flexibility index (Phi) is 21.0. The standard InChI is InChI=1S/C6H13O10P.4Ca.8H/c7-1-2(8)4(10)6(12,5(11)3(1)9)16-17(13,14)15;;;;;;;;;;;;/h1-5,7-12H,(H2,13,14,15);;;;;;;;;;;;/t1-,2-,3+,4-,5-,6-;;;;;;;;;;;;/m1............/s1. The first kappa shape index (κ1) is 33.5. The molecule has 0 amide bonds. The van der Waals surface area contributed by atoms with Gasteiger partial charge in [0.05, 0.1) is 0 Å². The molecular formula is C6H21Ca4O10P. The van der Waals surface area contributed by atoms with Crippen molar-refractivity contribution >= 4 is 159 Å². The molecule has 8 N–H and O–H groups in total. The van der Waals surface area contributed by atoms with E-state index in [1.807, 2.05) is 0 Å². The Morgan fingerprint density at radius 3 is 1.29 bits per heavy atom. The number of hydrogen-bond donors (Lipinski definition) is 8. The first-order valence-electron chi connectivity index (χ1n) is 4.39. The number of rotatable bonds is 2. The summed E-state index contributed by atoms with van der Waals surface area (Å²) in [5, 5.41) is 55.7. The van der Waals surface area contributed by atoms with Crippen LogP contribution in [0.3, 0.4) is 0 Å². The fourth-order valence-corrected chi connectivity index (χ4v) is 2.14. The zero-order valence-corrected chi connectivity index (χ0v) is 9.12. The molecule has 6 atom stereocenters. The number of phosphoric ester groups is 1. The molecule has 118 valence electrons. The number of aliphatic hydroxyl groups is 6. The van der Waals surface area contributed by atoms with Crippen LogP contribution in [-0.4, -0.2) is 228 Å². The molecule has 0 unspecified atom stereocenters. The van der Waals surface area contributed by atoms with Crippen LogP contribution in [0.4, 0.5) is 0 Å². The van der Waals surface area contributed by atoms with Crippen LogP contribution in [0.15, 0.2) is 0 Å². The van der Waals surface area contributed by atoms with E-state index in [0.717, 1.165) is 0 Å². The van der Waals surface area contributed by atoms with Crippen molar-refractivity contribution in [3.8, 4) is 0 Å². The Balaban J connectivity index is -0.000000361. The molecule has 0 radical (unpaired) electrons. The minimum atomic E-state index is -5.32. The van der Waals surface area contributed by atoms with Crippen LogP contribution in [0.1, 0.15) is 0 Å². The van der Waals surface area contributed by atoms with Crippen molar-refractivity contribution in [1.29, 1.82) is 0 Å². The predicted octanol–water partition coefficient (Wildman–Crippen LogP) is -8.06. The molecule has 1 aliphatic rings. The van der Waals surface area contributed by atoms with E-state index >= 15 is 0 Å². The van der Waals surface area contributed by atoms with Gasteiger partial charge in [-0.1, -0.05) is 0 Å². The molecule has 0 aromatic carbocycles. The summed E-state index contributed by atoms with van der Waals surface area (Å²) in [4.78, 5) is 17.0. The molecule has 15 heteroatoms. The van der Waals surface area contributed by atoms with E-state index in [2.05, 4.69) is 4.52 Å².